The number of quaternary nitrogens is 1. The zero-order valence-electron chi connectivity index (χ0n) is 7.48. The van der Waals surface area contributed by atoms with E-state index in [4.69, 9.17) is 5.11 Å². The number of rotatable bonds is 1. The van der Waals surface area contributed by atoms with Gasteiger partial charge in [-0.25, -0.2) is 0 Å². The summed E-state index contributed by atoms with van der Waals surface area (Å²) >= 11 is 0. The molecule has 0 heterocycles. The molecule has 0 aliphatic heterocycles. The minimum Gasteiger partial charge on any atom is -0.393 e. The first-order valence-electron chi connectivity index (χ1n) is 4.25. The second kappa shape index (κ2) is 3.70. The summed E-state index contributed by atoms with van der Waals surface area (Å²) in [4.78, 5) is 0. The van der Waals surface area contributed by atoms with Gasteiger partial charge in [0.15, 0.2) is 0 Å². The van der Waals surface area contributed by atoms with Gasteiger partial charge in [-0.2, -0.15) is 0 Å². The van der Waals surface area contributed by atoms with Crippen molar-refractivity contribution in [3.05, 3.63) is 0 Å². The van der Waals surface area contributed by atoms with E-state index >= 15 is 0 Å². The van der Waals surface area contributed by atoms with Crippen molar-refractivity contribution in [2.75, 3.05) is 6.61 Å². The Bertz CT molecular complexity index is 196. The quantitative estimate of drug-likeness (QED) is 0.230. The lowest BCUT2D eigenvalue weighted by molar-refractivity contribution is -0.483. The highest BCUT2D eigenvalue weighted by molar-refractivity contribution is 5.07. The van der Waals surface area contributed by atoms with E-state index in [0.717, 1.165) is 0 Å². The average Bonchev–Trinajstić information content (AvgIpc) is 2.21. The highest BCUT2D eigenvalue weighted by Gasteiger charge is 2.58. The Labute approximate surface area is 80.0 Å². The smallest absolute Gasteiger partial charge is 0.148 e. The molecule has 1 saturated carbocycles. The van der Waals surface area contributed by atoms with E-state index in [1.807, 2.05) is 0 Å². The molecule has 6 atom stereocenters. The Hall–Kier alpha value is -0.280. The van der Waals surface area contributed by atoms with Crippen molar-refractivity contribution in [1.82, 2.24) is 0 Å². The van der Waals surface area contributed by atoms with Crippen LogP contribution in [0.3, 0.4) is 0 Å². The van der Waals surface area contributed by atoms with Crippen molar-refractivity contribution in [3.63, 3.8) is 0 Å². The summed E-state index contributed by atoms with van der Waals surface area (Å²) < 4.78 is 0. The predicted octanol–water partition coefficient (Wildman–Crippen LogP) is -5.22. The van der Waals surface area contributed by atoms with Gasteiger partial charge < -0.3 is 36.4 Å². The predicted molar refractivity (Wildman–Crippen MR) is 42.7 cm³/mol. The number of hydrogen-bond donors (Lipinski definition) is 7. The third kappa shape index (κ3) is 1.43. The van der Waals surface area contributed by atoms with E-state index < -0.39 is 42.7 Å². The fourth-order valence-corrected chi connectivity index (χ4v) is 1.66. The van der Waals surface area contributed by atoms with Gasteiger partial charge in [0.1, 0.15) is 36.1 Å². The van der Waals surface area contributed by atoms with Gasteiger partial charge in [0.2, 0.25) is 0 Å². The molecule has 9 N–H and O–H groups in total. The molecule has 0 bridgehead atoms. The van der Waals surface area contributed by atoms with E-state index in [0.29, 0.717) is 0 Å². The van der Waals surface area contributed by atoms with Crippen LogP contribution in [0.5, 0.6) is 0 Å². The molecule has 7 nitrogen and oxygen atoms in total. The third-order valence-corrected chi connectivity index (χ3v) is 2.80. The Morgan fingerprint density at radius 3 is 1.93 bits per heavy atom. The number of aliphatic hydroxyl groups excluding tert-OH is 5. The van der Waals surface area contributed by atoms with Crippen LogP contribution in [0, 0.1) is 0 Å². The van der Waals surface area contributed by atoms with Crippen molar-refractivity contribution in [2.45, 2.75) is 36.1 Å². The van der Waals surface area contributed by atoms with Crippen molar-refractivity contribution in [3.8, 4) is 0 Å². The minimum atomic E-state index is -2.24. The molecule has 0 aromatic rings. The molecule has 7 heteroatoms. The second-order valence-corrected chi connectivity index (χ2v) is 3.68. The summed E-state index contributed by atoms with van der Waals surface area (Å²) in [6.07, 6.45) is -6.48. The van der Waals surface area contributed by atoms with Gasteiger partial charge >= 0.3 is 0 Å². The highest BCUT2D eigenvalue weighted by atomic mass is 16.4. The summed E-state index contributed by atoms with van der Waals surface area (Å²) in [5.41, 5.74) is 1.10. The van der Waals surface area contributed by atoms with Crippen LogP contribution in [0.2, 0.25) is 0 Å². The summed E-state index contributed by atoms with van der Waals surface area (Å²) in [6.45, 7) is -0.925. The molecule has 0 spiro atoms. The van der Waals surface area contributed by atoms with Gasteiger partial charge in [-0.3, -0.25) is 0 Å². The van der Waals surface area contributed by atoms with Crippen LogP contribution >= 0.6 is 0 Å². The lowest BCUT2D eigenvalue weighted by atomic mass is 9.74. The molecule has 1 rings (SSSR count). The van der Waals surface area contributed by atoms with Gasteiger partial charge in [-0.05, 0) is 0 Å². The van der Waals surface area contributed by atoms with Crippen LogP contribution in [0.15, 0.2) is 0 Å². The van der Waals surface area contributed by atoms with Crippen molar-refractivity contribution in [2.24, 2.45) is 0 Å². The number of aliphatic hydroxyl groups is 6. The van der Waals surface area contributed by atoms with Gasteiger partial charge in [0.25, 0.3) is 0 Å². The molecule has 14 heavy (non-hydrogen) atoms. The fraction of sp³-hybridized carbons (Fsp3) is 1.00. The zero-order valence-corrected chi connectivity index (χ0v) is 7.48. The largest absolute Gasteiger partial charge is 0.393 e. The van der Waals surface area contributed by atoms with Gasteiger partial charge in [-0.1, -0.05) is 0 Å². The zero-order chi connectivity index (χ0) is 11.1. The molecule has 0 aromatic carbocycles. The molecule has 1 fully saturated rings. The Morgan fingerprint density at radius 1 is 1.00 bits per heavy atom. The average molecular weight is 210 g/mol. The molecule has 0 aromatic heterocycles. The third-order valence-electron chi connectivity index (χ3n) is 2.80. The fourth-order valence-electron chi connectivity index (χ4n) is 1.66. The van der Waals surface area contributed by atoms with Gasteiger partial charge in [-0.15, -0.1) is 0 Å². The molecule has 84 valence electrons. The first-order chi connectivity index (χ1) is 6.36. The maximum atomic E-state index is 9.61. The van der Waals surface area contributed by atoms with E-state index in [1.54, 1.807) is 0 Å². The van der Waals surface area contributed by atoms with Crippen LogP contribution in [-0.4, -0.2) is 73.3 Å². The van der Waals surface area contributed by atoms with Crippen LogP contribution < -0.4 is 5.73 Å². The van der Waals surface area contributed by atoms with Gasteiger partial charge in [0.05, 0.1) is 6.61 Å². The normalized spacial score (nSPS) is 54.6. The highest BCUT2D eigenvalue weighted by Crippen LogP contribution is 2.28. The molecule has 1 aliphatic rings. The molecule has 0 unspecified atom stereocenters. The Kier molecular flexibility index (Phi) is 3.12. The summed E-state index contributed by atoms with van der Waals surface area (Å²) in [5.74, 6) is 0. The topological polar surface area (TPSA) is 149 Å². The van der Waals surface area contributed by atoms with Crippen molar-refractivity contribution in [1.29, 1.82) is 0 Å². The van der Waals surface area contributed by atoms with Crippen molar-refractivity contribution >= 4 is 0 Å². The summed E-state index contributed by atoms with van der Waals surface area (Å²) in [7, 11) is 0. The van der Waals surface area contributed by atoms with Crippen LogP contribution in [-0.2, 0) is 0 Å². The SMILES string of the molecule is [NH3+][C@H]1[C@H](O)[C@@H](O)[C@H](O)[C@@](O)(CO)[C@@H]1O. The van der Waals surface area contributed by atoms with E-state index in [-0.39, 0.29) is 0 Å². The first kappa shape index (κ1) is 11.8. The van der Waals surface area contributed by atoms with Crippen molar-refractivity contribution < 1.29 is 36.4 Å². The Morgan fingerprint density at radius 2 is 1.50 bits per heavy atom. The van der Waals surface area contributed by atoms with E-state index in [1.165, 1.54) is 0 Å². The minimum absolute atomic E-state index is 0.925. The maximum Gasteiger partial charge on any atom is 0.148 e. The molecule has 0 saturated heterocycles. The molecular formula is C7H16NO6+. The van der Waals surface area contributed by atoms with E-state index in [2.05, 4.69) is 5.73 Å². The second-order valence-electron chi connectivity index (χ2n) is 3.68. The van der Waals surface area contributed by atoms with Crippen LogP contribution in [0.25, 0.3) is 0 Å². The summed E-state index contributed by atoms with van der Waals surface area (Å²) in [5, 5.41) is 55.8. The lowest BCUT2D eigenvalue weighted by Crippen LogP contribution is -2.84. The summed E-state index contributed by atoms with van der Waals surface area (Å²) in [6, 6.07) is -1.08. The molecule has 0 amide bonds. The number of hydrogen-bond acceptors (Lipinski definition) is 6. The Balaban J connectivity index is 2.98. The van der Waals surface area contributed by atoms with Crippen LogP contribution in [0.4, 0.5) is 0 Å². The first-order valence-corrected chi connectivity index (χ1v) is 4.25. The standard InChI is InChI=1S/C7H15NO6/c8-2-3(10)4(11)6(13)7(14,1-9)5(2)12/h2-6,9-14H,1,8H2/p+1/t2-,3-,4+,5+,6-,7+/m0/s1. The lowest BCUT2D eigenvalue weighted by Gasteiger charge is -2.45. The monoisotopic (exact) mass is 210 g/mol. The van der Waals surface area contributed by atoms with Crippen LogP contribution in [0.1, 0.15) is 0 Å². The molecular weight excluding hydrogens is 194 g/mol. The molecule has 0 radical (unpaired) electrons. The van der Waals surface area contributed by atoms with E-state index in [9.17, 15) is 25.5 Å². The molecule has 1 aliphatic carbocycles. The maximum absolute atomic E-state index is 9.61. The van der Waals surface area contributed by atoms with Gasteiger partial charge in [0, 0.05) is 0 Å².